The lowest BCUT2D eigenvalue weighted by Gasteiger charge is -2.46. The molecule has 2 heterocycles. The van der Waals surface area contributed by atoms with Crippen LogP contribution >= 0.6 is 0 Å². The number of nitrogens with zero attached hydrogens (tertiary/aromatic N) is 1. The summed E-state index contributed by atoms with van der Waals surface area (Å²) in [6, 6.07) is 4.07. The maximum Gasteiger partial charge on any atom is 0.243 e. The minimum atomic E-state index is -0.119. The molecule has 1 amide bonds. The van der Waals surface area contributed by atoms with Crippen molar-refractivity contribution in [3.8, 4) is 0 Å². The fraction of sp³-hybridized carbons (Fsp3) is 0.737. The molecule has 1 fully saturated rings. The molecule has 130 valence electrons. The van der Waals surface area contributed by atoms with Gasteiger partial charge in [0.1, 0.15) is 6.04 Å². The van der Waals surface area contributed by atoms with Gasteiger partial charge < -0.3 is 15.2 Å². The van der Waals surface area contributed by atoms with Crippen molar-refractivity contribution >= 4 is 5.91 Å². The van der Waals surface area contributed by atoms with Crippen LogP contribution in [0.2, 0.25) is 0 Å². The molecule has 1 saturated heterocycles. The fourth-order valence-electron chi connectivity index (χ4n) is 4.09. The van der Waals surface area contributed by atoms with Gasteiger partial charge >= 0.3 is 0 Å². The van der Waals surface area contributed by atoms with Gasteiger partial charge in [-0.15, -0.1) is 0 Å². The molecular formula is C19H33N3O. The monoisotopic (exact) mass is 319 g/mol. The predicted molar refractivity (Wildman–Crippen MR) is 95.4 cm³/mol. The largest absolute Gasteiger partial charge is 0.351 e. The summed E-state index contributed by atoms with van der Waals surface area (Å²) in [4.78, 5) is 12.9. The molecule has 0 bridgehead atoms. The number of hydrogen-bond acceptors (Lipinski definition) is 2. The summed E-state index contributed by atoms with van der Waals surface area (Å²) in [6.07, 6.45) is 6.76. The highest BCUT2D eigenvalue weighted by Crippen LogP contribution is 2.29. The first kappa shape index (κ1) is 18.1. The molecule has 23 heavy (non-hydrogen) atoms. The minimum Gasteiger partial charge on any atom is -0.351 e. The van der Waals surface area contributed by atoms with Crippen LogP contribution in [0.3, 0.4) is 0 Å². The molecule has 0 aliphatic carbocycles. The van der Waals surface area contributed by atoms with E-state index in [1.54, 1.807) is 0 Å². The summed E-state index contributed by atoms with van der Waals surface area (Å²) in [7, 11) is 0. The first-order valence-electron chi connectivity index (χ1n) is 8.80. The maximum atomic E-state index is 12.9. The zero-order valence-corrected chi connectivity index (χ0v) is 15.5. The van der Waals surface area contributed by atoms with Crippen LogP contribution in [0.5, 0.6) is 0 Å². The standard InChI is InChI=1S/C19H33N3O/c1-14(2)11-16(22-9-7-8-10-22)17(23)20-15-12-18(3,4)21-19(5,6)13-15/h7-10,14-16,21H,11-13H2,1-6H3,(H,20,23). The second-order valence-corrected chi connectivity index (χ2v) is 8.78. The number of carbonyl (C=O) groups is 1. The molecule has 0 aromatic carbocycles. The van der Waals surface area contributed by atoms with Crippen LogP contribution in [0.4, 0.5) is 0 Å². The van der Waals surface area contributed by atoms with Gasteiger partial charge in [0.05, 0.1) is 0 Å². The molecule has 1 aromatic heterocycles. The van der Waals surface area contributed by atoms with E-state index in [1.165, 1.54) is 0 Å². The van der Waals surface area contributed by atoms with Crippen LogP contribution in [-0.2, 0) is 4.79 Å². The highest BCUT2D eigenvalue weighted by Gasteiger charge is 2.38. The van der Waals surface area contributed by atoms with Gasteiger partial charge in [-0.1, -0.05) is 13.8 Å². The minimum absolute atomic E-state index is 0.0424. The van der Waals surface area contributed by atoms with E-state index in [0.29, 0.717) is 5.92 Å². The van der Waals surface area contributed by atoms with Crippen molar-refractivity contribution in [3.05, 3.63) is 24.5 Å². The molecule has 2 N–H and O–H groups in total. The Bertz CT molecular complexity index is 501. The molecule has 1 atom stereocenters. The first-order chi connectivity index (χ1) is 10.6. The van der Waals surface area contributed by atoms with E-state index in [9.17, 15) is 4.79 Å². The van der Waals surface area contributed by atoms with Crippen molar-refractivity contribution in [2.24, 2.45) is 5.92 Å². The second-order valence-electron chi connectivity index (χ2n) is 8.78. The van der Waals surface area contributed by atoms with Gasteiger partial charge in [0.25, 0.3) is 0 Å². The summed E-state index contributed by atoms with van der Waals surface area (Å²) >= 11 is 0. The van der Waals surface area contributed by atoms with Crippen molar-refractivity contribution in [3.63, 3.8) is 0 Å². The van der Waals surface area contributed by atoms with E-state index < -0.39 is 0 Å². The van der Waals surface area contributed by atoms with E-state index in [1.807, 2.05) is 29.1 Å². The highest BCUT2D eigenvalue weighted by atomic mass is 16.2. The summed E-state index contributed by atoms with van der Waals surface area (Å²) in [6.45, 7) is 13.2. The third kappa shape index (κ3) is 5.10. The molecular weight excluding hydrogens is 286 g/mol. The summed E-state index contributed by atoms with van der Waals surface area (Å²) in [5.41, 5.74) is 0.0847. The van der Waals surface area contributed by atoms with Crippen LogP contribution < -0.4 is 10.6 Å². The molecule has 1 aromatic rings. The number of carbonyl (C=O) groups excluding carboxylic acids is 1. The topological polar surface area (TPSA) is 46.1 Å². The molecule has 0 spiro atoms. The molecule has 1 aliphatic rings. The summed E-state index contributed by atoms with van der Waals surface area (Å²) < 4.78 is 2.03. The van der Waals surface area contributed by atoms with Crippen LogP contribution in [0.15, 0.2) is 24.5 Å². The Hall–Kier alpha value is -1.29. The van der Waals surface area contributed by atoms with Crippen molar-refractivity contribution in [1.29, 1.82) is 0 Å². The number of nitrogens with one attached hydrogen (secondary N) is 2. The van der Waals surface area contributed by atoms with Crippen LogP contribution in [0.1, 0.15) is 66.8 Å². The quantitative estimate of drug-likeness (QED) is 0.872. The lowest BCUT2D eigenvalue weighted by molar-refractivity contribution is -0.126. The van der Waals surface area contributed by atoms with E-state index in [0.717, 1.165) is 19.3 Å². The molecule has 1 aliphatic heterocycles. The average molecular weight is 319 g/mol. The Balaban J connectivity index is 2.09. The van der Waals surface area contributed by atoms with E-state index in [4.69, 9.17) is 0 Å². The lowest BCUT2D eigenvalue weighted by atomic mass is 9.79. The number of hydrogen-bond donors (Lipinski definition) is 2. The van der Waals surface area contributed by atoms with Gasteiger partial charge in [0, 0.05) is 29.5 Å². The highest BCUT2D eigenvalue weighted by molar-refractivity contribution is 5.80. The third-order valence-electron chi connectivity index (χ3n) is 4.52. The smallest absolute Gasteiger partial charge is 0.243 e. The third-order valence-corrected chi connectivity index (χ3v) is 4.52. The van der Waals surface area contributed by atoms with E-state index in [2.05, 4.69) is 52.2 Å². The van der Waals surface area contributed by atoms with Crippen LogP contribution in [0, 0.1) is 5.92 Å². The van der Waals surface area contributed by atoms with Gasteiger partial charge in [-0.2, -0.15) is 0 Å². The number of amides is 1. The van der Waals surface area contributed by atoms with Gasteiger partial charge in [-0.25, -0.2) is 0 Å². The Morgan fingerprint density at radius 2 is 1.70 bits per heavy atom. The van der Waals surface area contributed by atoms with E-state index >= 15 is 0 Å². The Kier molecular flexibility index (Phi) is 5.24. The molecule has 0 radical (unpaired) electrons. The fourth-order valence-corrected chi connectivity index (χ4v) is 4.09. The Morgan fingerprint density at radius 3 is 2.17 bits per heavy atom. The van der Waals surface area contributed by atoms with Gasteiger partial charge in [-0.3, -0.25) is 4.79 Å². The molecule has 4 nitrogen and oxygen atoms in total. The molecule has 2 rings (SSSR count). The van der Waals surface area contributed by atoms with Crippen molar-refractivity contribution < 1.29 is 4.79 Å². The average Bonchev–Trinajstić information content (AvgIpc) is 2.84. The first-order valence-corrected chi connectivity index (χ1v) is 8.80. The summed E-state index contributed by atoms with van der Waals surface area (Å²) in [5.74, 6) is 0.627. The van der Waals surface area contributed by atoms with Crippen molar-refractivity contribution in [2.75, 3.05) is 0 Å². The zero-order chi connectivity index (χ0) is 17.3. The molecule has 4 heteroatoms. The normalized spacial score (nSPS) is 22.0. The zero-order valence-electron chi connectivity index (χ0n) is 15.5. The number of rotatable bonds is 5. The van der Waals surface area contributed by atoms with Crippen LogP contribution in [0.25, 0.3) is 0 Å². The van der Waals surface area contributed by atoms with Crippen molar-refractivity contribution in [2.45, 2.75) is 84.0 Å². The SMILES string of the molecule is CC(C)CC(C(=O)NC1CC(C)(C)NC(C)(C)C1)n1cccc1. The number of piperidine rings is 1. The summed E-state index contributed by atoms with van der Waals surface area (Å²) in [5, 5.41) is 6.99. The maximum absolute atomic E-state index is 12.9. The van der Waals surface area contributed by atoms with Gasteiger partial charge in [-0.05, 0) is 65.0 Å². The Morgan fingerprint density at radius 1 is 1.17 bits per heavy atom. The predicted octanol–water partition coefficient (Wildman–Crippen LogP) is 3.50. The lowest BCUT2D eigenvalue weighted by Crippen LogP contribution is -2.62. The van der Waals surface area contributed by atoms with Crippen LogP contribution in [-0.4, -0.2) is 27.6 Å². The Labute approximate surface area is 141 Å². The van der Waals surface area contributed by atoms with Gasteiger partial charge in [0.15, 0.2) is 0 Å². The number of aromatic nitrogens is 1. The molecule has 1 unspecified atom stereocenters. The second kappa shape index (κ2) is 6.68. The van der Waals surface area contributed by atoms with Crippen molar-refractivity contribution in [1.82, 2.24) is 15.2 Å². The van der Waals surface area contributed by atoms with Gasteiger partial charge in [0.2, 0.25) is 5.91 Å². The van der Waals surface area contributed by atoms with E-state index in [-0.39, 0.29) is 29.1 Å². The molecule has 0 saturated carbocycles.